The number of halogens is 1. The third-order valence-corrected chi connectivity index (χ3v) is 3.78. The second-order valence-corrected chi connectivity index (χ2v) is 7.10. The van der Waals surface area contributed by atoms with Crippen LogP contribution in [0.2, 0.25) is 5.02 Å². The summed E-state index contributed by atoms with van der Waals surface area (Å²) in [6.45, 7) is 8.49. The van der Waals surface area contributed by atoms with Gasteiger partial charge in [0.1, 0.15) is 5.60 Å². The number of amides is 2. The second-order valence-electron chi connectivity index (χ2n) is 6.69. The Morgan fingerprint density at radius 3 is 2.61 bits per heavy atom. The molecule has 2 heterocycles. The standard InChI is InChI=1S/C16H22ClN3O3/c1-10(21)18-7-14-13(17)5-11(6-19-14)12-8-20(9-12)15(22)23-16(2,3)4/h5-6,12H,7-9H2,1-4H3,(H,18,21). The molecular formula is C16H22ClN3O3. The van der Waals surface area contributed by atoms with Crippen molar-refractivity contribution < 1.29 is 14.3 Å². The number of likely N-dealkylation sites (tertiary alicyclic amines) is 1. The summed E-state index contributed by atoms with van der Waals surface area (Å²) in [5.41, 5.74) is 1.13. The number of nitrogens with zero attached hydrogens (tertiary/aromatic N) is 2. The van der Waals surface area contributed by atoms with Gasteiger partial charge in [0.05, 0.1) is 17.3 Å². The lowest BCUT2D eigenvalue weighted by Crippen LogP contribution is -2.50. The summed E-state index contributed by atoms with van der Waals surface area (Å²) >= 11 is 6.21. The van der Waals surface area contributed by atoms with Gasteiger partial charge in [-0.1, -0.05) is 11.6 Å². The van der Waals surface area contributed by atoms with E-state index in [2.05, 4.69) is 10.3 Å². The molecule has 2 amide bonds. The van der Waals surface area contributed by atoms with Crippen molar-refractivity contribution in [2.75, 3.05) is 13.1 Å². The molecule has 23 heavy (non-hydrogen) atoms. The van der Waals surface area contributed by atoms with Gasteiger partial charge in [-0.15, -0.1) is 0 Å². The molecule has 0 aromatic carbocycles. The molecule has 0 aliphatic carbocycles. The Balaban J connectivity index is 1.91. The summed E-state index contributed by atoms with van der Waals surface area (Å²) in [5.74, 6) is 0.0845. The molecule has 1 N–H and O–H groups in total. The highest BCUT2D eigenvalue weighted by Gasteiger charge is 2.34. The molecule has 1 aliphatic rings. The van der Waals surface area contributed by atoms with Crippen LogP contribution in [0.3, 0.4) is 0 Å². The first kappa shape index (κ1) is 17.5. The minimum absolute atomic E-state index is 0.126. The molecule has 0 unspecified atom stereocenters. The molecule has 1 fully saturated rings. The predicted octanol–water partition coefficient (Wildman–Crippen LogP) is 2.71. The van der Waals surface area contributed by atoms with E-state index in [1.54, 1.807) is 11.1 Å². The van der Waals surface area contributed by atoms with Gasteiger partial charge in [0, 0.05) is 32.1 Å². The van der Waals surface area contributed by atoms with Crippen molar-refractivity contribution >= 4 is 23.6 Å². The summed E-state index contributed by atoms with van der Waals surface area (Å²) in [6.07, 6.45) is 1.45. The van der Waals surface area contributed by atoms with Gasteiger partial charge in [-0.2, -0.15) is 0 Å². The molecule has 1 aliphatic heterocycles. The lowest BCUT2D eigenvalue weighted by molar-refractivity contribution is -0.119. The first-order valence-electron chi connectivity index (χ1n) is 7.52. The summed E-state index contributed by atoms with van der Waals surface area (Å²) in [6, 6.07) is 1.85. The summed E-state index contributed by atoms with van der Waals surface area (Å²) in [5, 5.41) is 3.19. The third kappa shape index (κ3) is 4.82. The van der Waals surface area contributed by atoms with Crippen LogP contribution in [0.5, 0.6) is 0 Å². The summed E-state index contributed by atoms with van der Waals surface area (Å²) in [7, 11) is 0. The number of hydrogen-bond acceptors (Lipinski definition) is 4. The maximum Gasteiger partial charge on any atom is 0.410 e. The minimum Gasteiger partial charge on any atom is -0.444 e. The molecule has 7 heteroatoms. The molecule has 0 saturated carbocycles. The highest BCUT2D eigenvalue weighted by Crippen LogP contribution is 2.30. The fraction of sp³-hybridized carbons (Fsp3) is 0.562. The van der Waals surface area contributed by atoms with Crippen molar-refractivity contribution in [3.05, 3.63) is 28.5 Å². The van der Waals surface area contributed by atoms with Gasteiger partial charge in [0.25, 0.3) is 0 Å². The summed E-state index contributed by atoms with van der Waals surface area (Å²) in [4.78, 5) is 28.8. The van der Waals surface area contributed by atoms with E-state index in [0.29, 0.717) is 30.4 Å². The zero-order chi connectivity index (χ0) is 17.2. The number of nitrogens with one attached hydrogen (secondary N) is 1. The van der Waals surface area contributed by atoms with Crippen LogP contribution >= 0.6 is 11.6 Å². The Morgan fingerprint density at radius 2 is 2.09 bits per heavy atom. The Labute approximate surface area is 141 Å². The largest absolute Gasteiger partial charge is 0.444 e. The van der Waals surface area contributed by atoms with Crippen LogP contribution in [0.25, 0.3) is 0 Å². The molecule has 126 valence electrons. The van der Waals surface area contributed by atoms with Gasteiger partial charge >= 0.3 is 6.09 Å². The molecule has 0 bridgehead atoms. The Bertz CT molecular complexity index is 607. The van der Waals surface area contributed by atoms with E-state index in [0.717, 1.165) is 5.56 Å². The SMILES string of the molecule is CC(=O)NCc1ncc(C2CN(C(=O)OC(C)(C)C)C2)cc1Cl. The van der Waals surface area contributed by atoms with Gasteiger partial charge < -0.3 is 15.0 Å². The Hall–Kier alpha value is -1.82. The average Bonchev–Trinajstić information content (AvgIpc) is 2.33. The van der Waals surface area contributed by atoms with E-state index in [4.69, 9.17) is 16.3 Å². The zero-order valence-electron chi connectivity index (χ0n) is 13.9. The molecule has 2 rings (SSSR count). The monoisotopic (exact) mass is 339 g/mol. The summed E-state index contributed by atoms with van der Waals surface area (Å²) < 4.78 is 5.33. The quantitative estimate of drug-likeness (QED) is 0.919. The molecule has 0 spiro atoms. The van der Waals surface area contributed by atoms with Crippen LogP contribution in [-0.2, 0) is 16.1 Å². The maximum absolute atomic E-state index is 11.9. The molecule has 0 atom stereocenters. The number of carbonyl (C=O) groups is 2. The van der Waals surface area contributed by atoms with Crippen molar-refractivity contribution in [2.45, 2.75) is 45.8 Å². The smallest absolute Gasteiger partial charge is 0.410 e. The third-order valence-electron chi connectivity index (χ3n) is 3.45. The van der Waals surface area contributed by atoms with Gasteiger partial charge in [-0.05, 0) is 32.4 Å². The van der Waals surface area contributed by atoms with Crippen LogP contribution in [0, 0.1) is 0 Å². The predicted molar refractivity (Wildman–Crippen MR) is 87.3 cm³/mol. The van der Waals surface area contributed by atoms with E-state index in [-0.39, 0.29) is 17.9 Å². The molecule has 1 aromatic heterocycles. The second kappa shape index (κ2) is 6.74. The number of ether oxygens (including phenoxy) is 1. The van der Waals surface area contributed by atoms with Gasteiger partial charge in [-0.3, -0.25) is 9.78 Å². The number of pyridine rings is 1. The molecule has 1 saturated heterocycles. The Kier molecular flexibility index (Phi) is 5.14. The van der Waals surface area contributed by atoms with Crippen molar-refractivity contribution in [2.24, 2.45) is 0 Å². The average molecular weight is 340 g/mol. The Morgan fingerprint density at radius 1 is 1.43 bits per heavy atom. The lowest BCUT2D eigenvalue weighted by atomic mass is 9.93. The van der Waals surface area contributed by atoms with Crippen molar-refractivity contribution in [3.8, 4) is 0 Å². The van der Waals surface area contributed by atoms with E-state index >= 15 is 0 Å². The van der Waals surface area contributed by atoms with E-state index in [1.807, 2.05) is 26.8 Å². The molecule has 6 nitrogen and oxygen atoms in total. The molecular weight excluding hydrogens is 318 g/mol. The highest BCUT2D eigenvalue weighted by molar-refractivity contribution is 6.31. The first-order chi connectivity index (χ1) is 10.7. The highest BCUT2D eigenvalue weighted by atomic mass is 35.5. The van der Waals surface area contributed by atoms with Gasteiger partial charge in [0.2, 0.25) is 5.91 Å². The van der Waals surface area contributed by atoms with Crippen molar-refractivity contribution in [1.29, 1.82) is 0 Å². The van der Waals surface area contributed by atoms with Crippen molar-refractivity contribution in [1.82, 2.24) is 15.2 Å². The number of rotatable bonds is 3. The molecule has 1 aromatic rings. The van der Waals surface area contributed by atoms with Crippen molar-refractivity contribution in [3.63, 3.8) is 0 Å². The van der Waals surface area contributed by atoms with Gasteiger partial charge in [0.15, 0.2) is 0 Å². The molecule has 0 radical (unpaired) electrons. The van der Waals surface area contributed by atoms with Crippen LogP contribution in [0.1, 0.15) is 44.9 Å². The fourth-order valence-electron chi connectivity index (χ4n) is 2.21. The first-order valence-corrected chi connectivity index (χ1v) is 7.90. The van der Waals surface area contributed by atoms with Crippen LogP contribution < -0.4 is 5.32 Å². The zero-order valence-corrected chi connectivity index (χ0v) is 14.6. The number of hydrogen-bond donors (Lipinski definition) is 1. The van der Waals surface area contributed by atoms with E-state index in [1.165, 1.54) is 6.92 Å². The van der Waals surface area contributed by atoms with Gasteiger partial charge in [-0.25, -0.2) is 4.79 Å². The normalized spacial score (nSPS) is 15.1. The maximum atomic E-state index is 11.9. The van der Waals surface area contributed by atoms with E-state index in [9.17, 15) is 9.59 Å². The van der Waals surface area contributed by atoms with E-state index < -0.39 is 5.60 Å². The fourth-order valence-corrected chi connectivity index (χ4v) is 2.45. The number of aromatic nitrogens is 1. The van der Waals surface area contributed by atoms with Crippen LogP contribution in [0.4, 0.5) is 4.79 Å². The minimum atomic E-state index is -0.488. The van der Waals surface area contributed by atoms with Crippen LogP contribution in [0.15, 0.2) is 12.3 Å². The lowest BCUT2D eigenvalue weighted by Gasteiger charge is -2.40. The number of carbonyl (C=O) groups excluding carboxylic acids is 2. The van der Waals surface area contributed by atoms with Crippen LogP contribution in [-0.4, -0.2) is 40.6 Å². The topological polar surface area (TPSA) is 71.5 Å².